The van der Waals surface area contributed by atoms with E-state index < -0.39 is 11.6 Å². The third-order valence-corrected chi connectivity index (χ3v) is 4.72. The third kappa shape index (κ3) is 2.37. The SMILES string of the molecule is C=Cc1ccc2c(c1Cl)C(c1c(F)cccc1F)=NCc1nnc(C)n1-2. The van der Waals surface area contributed by atoms with E-state index in [9.17, 15) is 8.78 Å². The minimum Gasteiger partial charge on any atom is -0.281 e. The summed E-state index contributed by atoms with van der Waals surface area (Å²) in [5.74, 6) is -0.208. The molecule has 0 saturated heterocycles. The zero-order valence-electron chi connectivity index (χ0n) is 13.8. The molecule has 0 saturated carbocycles. The van der Waals surface area contributed by atoms with Gasteiger partial charge in [0.1, 0.15) is 24.0 Å². The highest BCUT2D eigenvalue weighted by atomic mass is 35.5. The summed E-state index contributed by atoms with van der Waals surface area (Å²) >= 11 is 6.58. The van der Waals surface area contributed by atoms with Gasteiger partial charge in [-0.1, -0.05) is 36.4 Å². The number of aromatic nitrogens is 3. The highest BCUT2D eigenvalue weighted by Crippen LogP contribution is 2.34. The minimum atomic E-state index is -0.704. The Labute approximate surface area is 153 Å². The van der Waals surface area contributed by atoms with Crippen molar-refractivity contribution in [3.63, 3.8) is 0 Å². The predicted octanol–water partition coefficient (Wildman–Crippen LogP) is 4.50. The average Bonchev–Trinajstić information content (AvgIpc) is 2.89. The molecule has 26 heavy (non-hydrogen) atoms. The summed E-state index contributed by atoms with van der Waals surface area (Å²) in [6.45, 7) is 5.66. The fourth-order valence-corrected chi connectivity index (χ4v) is 3.46. The van der Waals surface area contributed by atoms with Crippen molar-refractivity contribution < 1.29 is 8.78 Å². The monoisotopic (exact) mass is 370 g/mol. The van der Waals surface area contributed by atoms with E-state index in [4.69, 9.17) is 11.6 Å². The first-order valence-corrected chi connectivity index (χ1v) is 8.26. The lowest BCUT2D eigenvalue weighted by molar-refractivity contribution is 0.579. The Morgan fingerprint density at radius 2 is 1.85 bits per heavy atom. The maximum absolute atomic E-state index is 14.5. The Morgan fingerprint density at radius 1 is 1.12 bits per heavy atom. The fourth-order valence-electron chi connectivity index (χ4n) is 3.13. The van der Waals surface area contributed by atoms with Crippen LogP contribution in [0.25, 0.3) is 11.8 Å². The van der Waals surface area contributed by atoms with Gasteiger partial charge in [-0.05, 0) is 30.7 Å². The van der Waals surface area contributed by atoms with Gasteiger partial charge in [0.05, 0.1) is 22.0 Å². The average molecular weight is 371 g/mol. The number of fused-ring (bicyclic) bond motifs is 3. The molecule has 0 atom stereocenters. The summed E-state index contributed by atoms with van der Waals surface area (Å²) in [6.07, 6.45) is 1.59. The maximum Gasteiger partial charge on any atom is 0.159 e. The van der Waals surface area contributed by atoms with Crippen LogP contribution in [-0.4, -0.2) is 20.5 Å². The van der Waals surface area contributed by atoms with Crippen LogP contribution in [0.4, 0.5) is 8.78 Å². The molecule has 3 aromatic rings. The van der Waals surface area contributed by atoms with E-state index in [1.165, 1.54) is 18.2 Å². The second-order valence-electron chi connectivity index (χ2n) is 5.83. The van der Waals surface area contributed by atoms with Crippen LogP contribution in [0.5, 0.6) is 0 Å². The molecule has 2 aromatic carbocycles. The van der Waals surface area contributed by atoms with Gasteiger partial charge in [-0.15, -0.1) is 10.2 Å². The van der Waals surface area contributed by atoms with E-state index in [0.717, 1.165) is 0 Å². The number of hydrogen-bond donors (Lipinski definition) is 0. The van der Waals surface area contributed by atoms with Crippen LogP contribution in [0.2, 0.25) is 5.02 Å². The molecular formula is C19H13ClF2N4. The molecule has 0 radical (unpaired) electrons. The summed E-state index contributed by atoms with van der Waals surface area (Å²) in [7, 11) is 0. The maximum atomic E-state index is 14.5. The number of halogens is 3. The van der Waals surface area contributed by atoms with Crippen LogP contribution in [0, 0.1) is 18.6 Å². The van der Waals surface area contributed by atoms with Gasteiger partial charge in [0.15, 0.2) is 5.82 Å². The molecular weight excluding hydrogens is 358 g/mol. The van der Waals surface area contributed by atoms with Crippen molar-refractivity contribution in [3.8, 4) is 5.69 Å². The molecule has 0 N–H and O–H groups in total. The lowest BCUT2D eigenvalue weighted by Gasteiger charge is -2.16. The van der Waals surface area contributed by atoms with Crippen LogP contribution >= 0.6 is 11.6 Å². The molecule has 0 amide bonds. The van der Waals surface area contributed by atoms with Gasteiger partial charge in [-0.2, -0.15) is 0 Å². The number of benzene rings is 2. The Bertz CT molecular complexity index is 1070. The fraction of sp³-hybridized carbons (Fsp3) is 0.105. The van der Waals surface area contributed by atoms with Crippen molar-refractivity contribution in [2.75, 3.05) is 0 Å². The molecule has 130 valence electrons. The van der Waals surface area contributed by atoms with E-state index >= 15 is 0 Å². The number of rotatable bonds is 2. The Hall–Kier alpha value is -2.86. The normalized spacial score (nSPS) is 12.8. The first-order valence-electron chi connectivity index (χ1n) is 7.88. The first kappa shape index (κ1) is 16.6. The van der Waals surface area contributed by atoms with Crippen LogP contribution in [-0.2, 0) is 6.54 Å². The molecule has 7 heteroatoms. The highest BCUT2D eigenvalue weighted by Gasteiger charge is 2.28. The summed E-state index contributed by atoms with van der Waals surface area (Å²) in [4.78, 5) is 4.44. The molecule has 1 aromatic heterocycles. The van der Waals surface area contributed by atoms with E-state index in [0.29, 0.717) is 33.5 Å². The van der Waals surface area contributed by atoms with Crippen molar-refractivity contribution in [3.05, 3.63) is 81.9 Å². The molecule has 0 bridgehead atoms. The van der Waals surface area contributed by atoms with E-state index in [2.05, 4.69) is 21.8 Å². The minimum absolute atomic E-state index is 0.123. The molecule has 2 heterocycles. The topological polar surface area (TPSA) is 43.1 Å². The van der Waals surface area contributed by atoms with Gasteiger partial charge >= 0.3 is 0 Å². The number of nitrogens with zero attached hydrogens (tertiary/aromatic N) is 4. The van der Waals surface area contributed by atoms with Crippen molar-refractivity contribution in [1.82, 2.24) is 14.8 Å². The summed E-state index contributed by atoms with van der Waals surface area (Å²) in [6, 6.07) is 7.30. The third-order valence-electron chi connectivity index (χ3n) is 4.32. The zero-order valence-corrected chi connectivity index (χ0v) is 14.6. The van der Waals surface area contributed by atoms with Crippen LogP contribution in [0.1, 0.15) is 28.3 Å². The number of hydrogen-bond acceptors (Lipinski definition) is 3. The van der Waals surface area contributed by atoms with E-state index in [1.54, 1.807) is 29.7 Å². The lowest BCUT2D eigenvalue weighted by atomic mass is 9.97. The molecule has 0 fully saturated rings. The van der Waals surface area contributed by atoms with E-state index in [-0.39, 0.29) is 17.8 Å². The largest absolute Gasteiger partial charge is 0.281 e. The lowest BCUT2D eigenvalue weighted by Crippen LogP contribution is -2.13. The second kappa shape index (κ2) is 6.14. The molecule has 0 unspecified atom stereocenters. The van der Waals surface area contributed by atoms with E-state index in [1.807, 2.05) is 0 Å². The standard InChI is InChI=1S/C19H13ClF2N4/c1-3-11-7-8-14-17(18(11)20)19(16-12(21)5-4-6-13(16)22)23-9-15-25-24-10(2)26(14)15/h3-8H,1,9H2,2H3. The van der Waals surface area contributed by atoms with Gasteiger partial charge in [0.2, 0.25) is 0 Å². The molecule has 1 aliphatic rings. The van der Waals surface area contributed by atoms with Gasteiger partial charge in [-0.25, -0.2) is 8.78 Å². The van der Waals surface area contributed by atoms with Gasteiger partial charge in [-0.3, -0.25) is 9.56 Å². The smallest absolute Gasteiger partial charge is 0.159 e. The summed E-state index contributed by atoms with van der Waals surface area (Å²) in [5.41, 5.74) is 1.62. The van der Waals surface area contributed by atoms with Crippen LogP contribution in [0.3, 0.4) is 0 Å². The van der Waals surface area contributed by atoms with Crippen LogP contribution in [0.15, 0.2) is 41.9 Å². The predicted molar refractivity (Wildman–Crippen MR) is 96.9 cm³/mol. The second-order valence-corrected chi connectivity index (χ2v) is 6.21. The van der Waals surface area contributed by atoms with Crippen molar-refractivity contribution in [2.24, 2.45) is 4.99 Å². The van der Waals surface area contributed by atoms with Crippen molar-refractivity contribution >= 4 is 23.4 Å². The van der Waals surface area contributed by atoms with Gasteiger partial charge < -0.3 is 0 Å². The molecule has 4 nitrogen and oxygen atoms in total. The van der Waals surface area contributed by atoms with Crippen molar-refractivity contribution in [1.29, 1.82) is 0 Å². The van der Waals surface area contributed by atoms with Gasteiger partial charge in [0.25, 0.3) is 0 Å². The van der Waals surface area contributed by atoms with Gasteiger partial charge in [0, 0.05) is 5.56 Å². The summed E-state index contributed by atoms with van der Waals surface area (Å²) < 4.78 is 30.8. The first-order chi connectivity index (χ1) is 12.5. The number of aryl methyl sites for hydroxylation is 1. The Balaban J connectivity index is 2.11. The molecule has 0 spiro atoms. The number of aliphatic imine (C=N–C) groups is 1. The Morgan fingerprint density at radius 3 is 2.54 bits per heavy atom. The molecule has 1 aliphatic heterocycles. The quantitative estimate of drug-likeness (QED) is 0.666. The van der Waals surface area contributed by atoms with Crippen molar-refractivity contribution in [2.45, 2.75) is 13.5 Å². The highest BCUT2D eigenvalue weighted by molar-refractivity contribution is 6.37. The molecule has 0 aliphatic carbocycles. The van der Waals surface area contributed by atoms with Crippen LogP contribution < -0.4 is 0 Å². The Kier molecular flexibility index (Phi) is 3.92. The molecule has 4 rings (SSSR count). The summed E-state index contributed by atoms with van der Waals surface area (Å²) in [5, 5.41) is 8.51. The zero-order chi connectivity index (χ0) is 18.4.